The van der Waals surface area contributed by atoms with Gasteiger partial charge in [-0.05, 0) is 30.3 Å². The molecule has 0 unspecified atom stereocenters. The molecule has 0 saturated carbocycles. The Bertz CT molecular complexity index is 743. The molecule has 0 radical (unpaired) electrons. The van der Waals surface area contributed by atoms with Crippen LogP contribution in [0.2, 0.25) is 0 Å². The fraction of sp³-hybridized carbons (Fsp3) is 0.0667. The second-order valence-electron chi connectivity index (χ2n) is 4.53. The predicted octanol–water partition coefficient (Wildman–Crippen LogP) is 1.60. The lowest BCUT2D eigenvalue weighted by molar-refractivity contribution is -0.384. The van der Waals surface area contributed by atoms with Gasteiger partial charge in [0.25, 0.3) is 11.6 Å². The smallest absolute Gasteiger partial charge is 0.269 e. The summed E-state index contributed by atoms with van der Waals surface area (Å²) in [6, 6.07) is 11.8. The average Bonchev–Trinajstić information content (AvgIpc) is 2.53. The van der Waals surface area contributed by atoms with Crippen LogP contribution in [0.4, 0.5) is 5.69 Å². The number of hydrogen-bond donors (Lipinski definition) is 2. The van der Waals surface area contributed by atoms with E-state index in [1.807, 2.05) is 0 Å². The van der Waals surface area contributed by atoms with Crippen LogP contribution in [-0.2, 0) is 4.79 Å². The molecule has 0 saturated heterocycles. The van der Waals surface area contributed by atoms with E-state index in [4.69, 9.17) is 10.5 Å². The number of ether oxygens (including phenoxy) is 1. The summed E-state index contributed by atoms with van der Waals surface area (Å²) in [6.45, 7) is -0.258. The second-order valence-corrected chi connectivity index (χ2v) is 4.53. The van der Waals surface area contributed by atoms with E-state index >= 15 is 0 Å². The van der Waals surface area contributed by atoms with E-state index in [1.165, 1.54) is 30.3 Å². The second kappa shape index (κ2) is 7.03. The van der Waals surface area contributed by atoms with Crippen molar-refractivity contribution in [3.05, 3.63) is 64.2 Å². The number of non-ortho nitro benzene ring substituents is 1. The van der Waals surface area contributed by atoms with E-state index in [1.54, 1.807) is 18.2 Å². The minimum Gasteiger partial charge on any atom is -0.457 e. The molecule has 0 spiro atoms. The standard InChI is InChI=1S/C15H13N3O5/c16-14(19)9-17-15(20)10-2-1-3-13(8-10)23-12-6-4-11(5-7-12)18(21)22/h1-8H,9H2,(H2,16,19)(H,17,20). The first kappa shape index (κ1) is 16.0. The molecule has 0 aromatic heterocycles. The summed E-state index contributed by atoms with van der Waals surface area (Å²) in [6.07, 6.45) is 0. The van der Waals surface area contributed by atoms with Crippen molar-refractivity contribution in [2.45, 2.75) is 0 Å². The Morgan fingerprint density at radius 2 is 1.83 bits per heavy atom. The van der Waals surface area contributed by atoms with Crippen LogP contribution in [0.1, 0.15) is 10.4 Å². The van der Waals surface area contributed by atoms with Gasteiger partial charge in [-0.3, -0.25) is 19.7 Å². The quantitative estimate of drug-likeness (QED) is 0.618. The van der Waals surface area contributed by atoms with Crippen molar-refractivity contribution in [3.8, 4) is 11.5 Å². The summed E-state index contributed by atoms with van der Waals surface area (Å²) < 4.78 is 5.54. The molecule has 0 aliphatic heterocycles. The summed E-state index contributed by atoms with van der Waals surface area (Å²) >= 11 is 0. The molecule has 0 atom stereocenters. The third-order valence-corrected chi connectivity index (χ3v) is 2.80. The number of carbonyl (C=O) groups is 2. The van der Waals surface area contributed by atoms with Crippen LogP contribution < -0.4 is 15.8 Å². The van der Waals surface area contributed by atoms with Gasteiger partial charge in [0.1, 0.15) is 11.5 Å². The molecule has 0 aliphatic rings. The number of rotatable bonds is 6. The molecule has 23 heavy (non-hydrogen) atoms. The van der Waals surface area contributed by atoms with E-state index in [0.29, 0.717) is 17.1 Å². The molecule has 2 amide bonds. The first-order valence-electron chi connectivity index (χ1n) is 6.54. The molecule has 2 aromatic rings. The highest BCUT2D eigenvalue weighted by molar-refractivity contribution is 5.96. The Morgan fingerprint density at radius 1 is 1.13 bits per heavy atom. The minimum atomic E-state index is -0.642. The van der Waals surface area contributed by atoms with E-state index in [2.05, 4.69) is 5.32 Å². The van der Waals surface area contributed by atoms with Gasteiger partial charge in [0.05, 0.1) is 11.5 Å². The van der Waals surface area contributed by atoms with Crippen molar-refractivity contribution in [3.63, 3.8) is 0 Å². The Kier molecular flexibility index (Phi) is 4.88. The summed E-state index contributed by atoms with van der Waals surface area (Å²) in [5, 5.41) is 13.0. The van der Waals surface area contributed by atoms with Gasteiger partial charge in [-0.2, -0.15) is 0 Å². The number of nitro benzene ring substituents is 1. The Balaban J connectivity index is 2.08. The summed E-state index contributed by atoms with van der Waals surface area (Å²) in [7, 11) is 0. The number of nitrogens with zero attached hydrogens (tertiary/aromatic N) is 1. The Hall–Kier alpha value is -3.42. The highest BCUT2D eigenvalue weighted by atomic mass is 16.6. The maximum Gasteiger partial charge on any atom is 0.269 e. The number of carbonyl (C=O) groups excluding carboxylic acids is 2. The van der Waals surface area contributed by atoms with Gasteiger partial charge in [0, 0.05) is 17.7 Å². The molecule has 118 valence electrons. The van der Waals surface area contributed by atoms with Crippen LogP contribution >= 0.6 is 0 Å². The SMILES string of the molecule is NC(=O)CNC(=O)c1cccc(Oc2ccc([N+](=O)[O-])cc2)c1. The van der Waals surface area contributed by atoms with Crippen LogP contribution in [0.25, 0.3) is 0 Å². The topological polar surface area (TPSA) is 125 Å². The number of primary amides is 1. The van der Waals surface area contributed by atoms with Crippen LogP contribution in [0, 0.1) is 10.1 Å². The molecule has 2 rings (SSSR count). The third-order valence-electron chi connectivity index (χ3n) is 2.80. The number of nitrogens with one attached hydrogen (secondary N) is 1. The minimum absolute atomic E-state index is 0.0445. The number of nitrogens with two attached hydrogens (primary N) is 1. The van der Waals surface area contributed by atoms with Crippen molar-refractivity contribution in [2.75, 3.05) is 6.54 Å². The summed E-state index contributed by atoms with van der Waals surface area (Å²) in [4.78, 5) is 32.6. The van der Waals surface area contributed by atoms with Crippen molar-refractivity contribution in [1.82, 2.24) is 5.32 Å². The zero-order valence-corrected chi connectivity index (χ0v) is 11.9. The van der Waals surface area contributed by atoms with Gasteiger partial charge in [-0.1, -0.05) is 6.07 Å². The summed E-state index contributed by atoms with van der Waals surface area (Å²) in [5.74, 6) is -0.328. The fourth-order valence-corrected chi connectivity index (χ4v) is 1.74. The van der Waals surface area contributed by atoms with E-state index < -0.39 is 16.7 Å². The van der Waals surface area contributed by atoms with Gasteiger partial charge >= 0.3 is 0 Å². The number of nitro groups is 1. The molecule has 8 nitrogen and oxygen atoms in total. The molecule has 3 N–H and O–H groups in total. The van der Waals surface area contributed by atoms with Gasteiger partial charge < -0.3 is 15.8 Å². The molecular weight excluding hydrogens is 302 g/mol. The lowest BCUT2D eigenvalue weighted by atomic mass is 10.2. The van der Waals surface area contributed by atoms with Crippen molar-refractivity contribution in [2.24, 2.45) is 5.73 Å². The Labute approximate surface area is 131 Å². The van der Waals surface area contributed by atoms with Gasteiger partial charge in [0.2, 0.25) is 5.91 Å². The normalized spacial score (nSPS) is 9.91. The first-order valence-corrected chi connectivity index (χ1v) is 6.54. The molecule has 0 bridgehead atoms. The molecule has 8 heteroatoms. The highest BCUT2D eigenvalue weighted by Crippen LogP contribution is 2.24. The molecule has 2 aromatic carbocycles. The monoisotopic (exact) mass is 315 g/mol. The number of amides is 2. The fourth-order valence-electron chi connectivity index (χ4n) is 1.74. The van der Waals surface area contributed by atoms with Crippen LogP contribution in [0.3, 0.4) is 0 Å². The maximum absolute atomic E-state index is 11.8. The van der Waals surface area contributed by atoms with Crippen LogP contribution in [0.5, 0.6) is 11.5 Å². The zero-order chi connectivity index (χ0) is 16.8. The van der Waals surface area contributed by atoms with Gasteiger partial charge in [-0.25, -0.2) is 0 Å². The third kappa shape index (κ3) is 4.53. The zero-order valence-electron chi connectivity index (χ0n) is 11.9. The summed E-state index contributed by atoms with van der Waals surface area (Å²) in [5.41, 5.74) is 5.21. The lowest BCUT2D eigenvalue weighted by Gasteiger charge is -2.07. The predicted molar refractivity (Wildman–Crippen MR) is 81.1 cm³/mol. The van der Waals surface area contributed by atoms with Gasteiger partial charge in [-0.15, -0.1) is 0 Å². The number of benzene rings is 2. The molecular formula is C15H13N3O5. The molecule has 0 aliphatic carbocycles. The molecule has 0 fully saturated rings. The van der Waals surface area contributed by atoms with E-state index in [9.17, 15) is 19.7 Å². The van der Waals surface area contributed by atoms with E-state index in [0.717, 1.165) is 0 Å². The first-order chi connectivity index (χ1) is 11.0. The highest BCUT2D eigenvalue weighted by Gasteiger charge is 2.09. The van der Waals surface area contributed by atoms with Crippen LogP contribution in [0.15, 0.2) is 48.5 Å². The van der Waals surface area contributed by atoms with E-state index in [-0.39, 0.29) is 12.2 Å². The van der Waals surface area contributed by atoms with Crippen LogP contribution in [-0.4, -0.2) is 23.3 Å². The average molecular weight is 315 g/mol. The molecule has 0 heterocycles. The number of hydrogen-bond acceptors (Lipinski definition) is 5. The van der Waals surface area contributed by atoms with Crippen molar-refractivity contribution >= 4 is 17.5 Å². The maximum atomic E-state index is 11.8. The largest absolute Gasteiger partial charge is 0.457 e. The lowest BCUT2D eigenvalue weighted by Crippen LogP contribution is -2.33. The van der Waals surface area contributed by atoms with Gasteiger partial charge in [0.15, 0.2) is 0 Å². The Morgan fingerprint density at radius 3 is 2.43 bits per heavy atom. The van der Waals surface area contributed by atoms with Crippen molar-refractivity contribution in [1.29, 1.82) is 0 Å². The van der Waals surface area contributed by atoms with Crippen molar-refractivity contribution < 1.29 is 19.2 Å².